The Kier molecular flexibility index (Phi) is 3.34. The van der Waals surface area contributed by atoms with Crippen molar-refractivity contribution in [2.24, 2.45) is 0 Å². The molecule has 4 heterocycles. The summed E-state index contributed by atoms with van der Waals surface area (Å²) in [6.45, 7) is 1.52. The first-order valence-corrected chi connectivity index (χ1v) is 8.56. The van der Waals surface area contributed by atoms with Crippen LogP contribution >= 0.6 is 0 Å². The quantitative estimate of drug-likeness (QED) is 0.588. The molecule has 3 aromatic heterocycles. The van der Waals surface area contributed by atoms with Crippen LogP contribution in [0.15, 0.2) is 49.1 Å². The van der Waals surface area contributed by atoms with E-state index in [1.807, 2.05) is 40.9 Å². The van der Waals surface area contributed by atoms with Crippen LogP contribution in [0.25, 0.3) is 16.6 Å². The molecule has 2 N–H and O–H groups in total. The monoisotopic (exact) mass is 347 g/mol. The minimum atomic E-state index is -0.0818. The molecule has 1 amide bonds. The molecule has 1 saturated heterocycles. The topological polar surface area (TPSA) is 91.2 Å². The Morgan fingerprint density at radius 1 is 1.31 bits per heavy atom. The second-order valence-corrected chi connectivity index (χ2v) is 6.49. The van der Waals surface area contributed by atoms with Crippen LogP contribution in [0, 0.1) is 0 Å². The molecular weight excluding hydrogens is 330 g/mol. The Morgan fingerprint density at radius 2 is 2.23 bits per heavy atom. The van der Waals surface area contributed by atoms with Gasteiger partial charge in [0.1, 0.15) is 12.0 Å². The molecule has 0 saturated carbocycles. The summed E-state index contributed by atoms with van der Waals surface area (Å²) in [6, 6.07) is 9.83. The zero-order valence-electron chi connectivity index (χ0n) is 14.0. The highest BCUT2D eigenvalue weighted by atomic mass is 16.2. The number of carbonyl (C=O) groups is 1. The summed E-state index contributed by atoms with van der Waals surface area (Å²) in [5, 5.41) is 12.2. The number of hydrogen-bond acceptors (Lipinski definition) is 5. The number of para-hydroxylation sites is 1. The number of rotatable bonds is 3. The first kappa shape index (κ1) is 14.9. The maximum Gasteiger partial charge on any atom is 0.268 e. The lowest BCUT2D eigenvalue weighted by Crippen LogP contribution is -2.37. The molecule has 8 nitrogen and oxygen atoms in total. The molecule has 1 atom stereocenters. The number of amides is 1. The fraction of sp³-hybridized carbons (Fsp3) is 0.222. The van der Waals surface area contributed by atoms with Crippen molar-refractivity contribution in [1.82, 2.24) is 29.9 Å². The van der Waals surface area contributed by atoms with Crippen LogP contribution in [-0.2, 0) is 0 Å². The number of carbonyl (C=O) groups excluding carboxylic acids is 1. The van der Waals surface area contributed by atoms with Crippen molar-refractivity contribution < 1.29 is 4.79 Å². The van der Waals surface area contributed by atoms with Crippen molar-refractivity contribution in [1.29, 1.82) is 0 Å². The van der Waals surface area contributed by atoms with E-state index >= 15 is 0 Å². The van der Waals surface area contributed by atoms with Crippen molar-refractivity contribution in [3.8, 4) is 0 Å². The summed E-state index contributed by atoms with van der Waals surface area (Å²) in [5.74, 6) is 0.717. The number of aromatic amines is 1. The van der Waals surface area contributed by atoms with E-state index in [9.17, 15) is 4.79 Å². The molecule has 5 rings (SSSR count). The zero-order chi connectivity index (χ0) is 17.5. The molecule has 0 aliphatic carbocycles. The van der Waals surface area contributed by atoms with Crippen LogP contribution in [-0.4, -0.2) is 49.6 Å². The van der Waals surface area contributed by atoms with E-state index in [0.29, 0.717) is 12.2 Å². The third kappa shape index (κ3) is 2.46. The molecule has 1 fully saturated rings. The molecule has 1 aromatic carbocycles. The van der Waals surface area contributed by atoms with Gasteiger partial charge in [0, 0.05) is 42.4 Å². The van der Waals surface area contributed by atoms with E-state index < -0.39 is 0 Å². The van der Waals surface area contributed by atoms with E-state index in [2.05, 4.69) is 30.4 Å². The zero-order valence-corrected chi connectivity index (χ0v) is 14.0. The first-order chi connectivity index (χ1) is 12.8. The molecule has 1 aliphatic rings. The second kappa shape index (κ2) is 5.83. The van der Waals surface area contributed by atoms with Gasteiger partial charge in [0.2, 0.25) is 5.65 Å². The Morgan fingerprint density at radius 3 is 3.15 bits per heavy atom. The van der Waals surface area contributed by atoms with E-state index in [4.69, 9.17) is 0 Å². The highest BCUT2D eigenvalue weighted by Gasteiger charge is 2.27. The fourth-order valence-electron chi connectivity index (χ4n) is 3.50. The third-order valence-electron chi connectivity index (χ3n) is 4.79. The maximum absolute atomic E-state index is 12.6. The summed E-state index contributed by atoms with van der Waals surface area (Å²) >= 11 is 0. The normalized spacial score (nSPS) is 17.2. The van der Waals surface area contributed by atoms with Crippen LogP contribution in [0.5, 0.6) is 0 Å². The van der Waals surface area contributed by atoms with E-state index in [-0.39, 0.29) is 11.9 Å². The second-order valence-electron chi connectivity index (χ2n) is 6.49. The van der Waals surface area contributed by atoms with Gasteiger partial charge in [-0.05, 0) is 18.6 Å². The van der Waals surface area contributed by atoms with Crippen LogP contribution in [0.3, 0.4) is 0 Å². The highest BCUT2D eigenvalue weighted by Crippen LogP contribution is 2.22. The van der Waals surface area contributed by atoms with E-state index in [0.717, 1.165) is 35.3 Å². The van der Waals surface area contributed by atoms with Crippen LogP contribution in [0.2, 0.25) is 0 Å². The lowest BCUT2D eigenvalue weighted by atomic mass is 10.2. The predicted octanol–water partition coefficient (Wildman–Crippen LogP) is 1.61. The lowest BCUT2D eigenvalue weighted by Gasteiger charge is -2.17. The number of hydrogen-bond donors (Lipinski definition) is 2. The summed E-state index contributed by atoms with van der Waals surface area (Å²) in [5.41, 5.74) is 2.28. The largest absolute Gasteiger partial charge is 0.351 e. The Balaban J connectivity index is 1.31. The molecule has 0 spiro atoms. The molecule has 8 heteroatoms. The number of benzene rings is 1. The highest BCUT2D eigenvalue weighted by molar-refractivity contribution is 5.98. The van der Waals surface area contributed by atoms with Crippen molar-refractivity contribution in [2.45, 2.75) is 12.5 Å². The van der Waals surface area contributed by atoms with E-state index in [1.165, 1.54) is 0 Å². The van der Waals surface area contributed by atoms with E-state index in [1.54, 1.807) is 12.5 Å². The predicted molar refractivity (Wildman–Crippen MR) is 97.2 cm³/mol. The average molecular weight is 347 g/mol. The first-order valence-electron chi connectivity index (χ1n) is 8.56. The van der Waals surface area contributed by atoms with Gasteiger partial charge in [-0.15, -0.1) is 10.2 Å². The number of nitrogens with one attached hydrogen (secondary N) is 2. The van der Waals surface area contributed by atoms with Crippen LogP contribution < -0.4 is 10.2 Å². The maximum atomic E-state index is 12.6. The minimum absolute atomic E-state index is 0.0684. The Hall–Kier alpha value is -3.42. The average Bonchev–Trinajstić information content (AvgIpc) is 3.39. The van der Waals surface area contributed by atoms with Gasteiger partial charge in [0.15, 0.2) is 5.82 Å². The summed E-state index contributed by atoms with van der Waals surface area (Å²) in [7, 11) is 0. The van der Waals surface area contributed by atoms with Gasteiger partial charge in [0.05, 0.1) is 0 Å². The number of anilines is 1. The molecule has 130 valence electrons. The fourth-order valence-corrected chi connectivity index (χ4v) is 3.50. The van der Waals surface area contributed by atoms with Gasteiger partial charge in [0.25, 0.3) is 5.91 Å². The van der Waals surface area contributed by atoms with Crippen LogP contribution in [0.4, 0.5) is 5.82 Å². The van der Waals surface area contributed by atoms with Crippen LogP contribution in [0.1, 0.15) is 16.9 Å². The smallest absolute Gasteiger partial charge is 0.268 e. The number of nitrogens with zero attached hydrogens (tertiary/aromatic N) is 5. The van der Waals surface area contributed by atoms with Crippen molar-refractivity contribution in [2.75, 3.05) is 18.0 Å². The summed E-state index contributed by atoms with van der Waals surface area (Å²) in [4.78, 5) is 22.3. The van der Waals surface area contributed by atoms with Gasteiger partial charge in [-0.1, -0.05) is 18.2 Å². The van der Waals surface area contributed by atoms with Crippen molar-refractivity contribution in [3.63, 3.8) is 0 Å². The van der Waals surface area contributed by atoms with Gasteiger partial charge < -0.3 is 15.2 Å². The summed E-state index contributed by atoms with van der Waals surface area (Å²) < 4.78 is 1.85. The molecule has 0 bridgehead atoms. The van der Waals surface area contributed by atoms with Gasteiger partial charge in [-0.3, -0.25) is 9.20 Å². The van der Waals surface area contributed by atoms with Crippen molar-refractivity contribution in [3.05, 3.63) is 54.7 Å². The standard InChI is InChI=1S/C18H17N7O/c26-18(15-9-12-3-1-2-4-14(12)22-15)21-13-5-7-24(10-13)16-17-23-20-11-25(17)8-6-19-16/h1-4,6,8-9,11,13,22H,5,7,10H2,(H,21,26)/t13-/m0/s1. The number of fused-ring (bicyclic) bond motifs is 2. The third-order valence-corrected chi connectivity index (χ3v) is 4.79. The molecule has 0 radical (unpaired) electrons. The molecule has 1 aliphatic heterocycles. The van der Waals surface area contributed by atoms with Crippen molar-refractivity contribution >= 4 is 28.3 Å². The Bertz CT molecular complexity index is 1070. The molecule has 0 unspecified atom stereocenters. The number of H-pyrrole nitrogens is 1. The SMILES string of the molecule is O=C(N[C@H]1CCN(c2nccn3cnnc23)C1)c1cc2ccccc2[nH]1. The lowest BCUT2D eigenvalue weighted by molar-refractivity contribution is 0.0936. The number of aromatic nitrogens is 5. The Labute approximate surface area is 148 Å². The molecular formula is C18H17N7O. The minimum Gasteiger partial charge on any atom is -0.351 e. The summed E-state index contributed by atoms with van der Waals surface area (Å²) in [6.07, 6.45) is 6.08. The molecule has 4 aromatic rings. The van der Waals surface area contributed by atoms with Gasteiger partial charge >= 0.3 is 0 Å². The molecule has 26 heavy (non-hydrogen) atoms. The van der Waals surface area contributed by atoms with Gasteiger partial charge in [-0.2, -0.15) is 0 Å². The van der Waals surface area contributed by atoms with Gasteiger partial charge in [-0.25, -0.2) is 4.98 Å².